The van der Waals surface area contributed by atoms with Gasteiger partial charge < -0.3 is 19.9 Å². The van der Waals surface area contributed by atoms with Crippen LogP contribution in [0.4, 0.5) is 5.69 Å². The zero-order valence-corrected chi connectivity index (χ0v) is 14.5. The van der Waals surface area contributed by atoms with Gasteiger partial charge in [-0.05, 0) is 32.5 Å². The minimum Gasteiger partial charge on any atom is -0.489 e. The molecule has 1 fully saturated rings. The van der Waals surface area contributed by atoms with Crippen LogP contribution in [-0.2, 0) is 4.79 Å². The second kappa shape index (κ2) is 8.89. The Morgan fingerprint density at radius 3 is 2.48 bits per heavy atom. The minimum absolute atomic E-state index is 0.0442. The van der Waals surface area contributed by atoms with Crippen LogP contribution in [0, 0.1) is 0 Å². The lowest BCUT2D eigenvalue weighted by atomic mass is 10.2. The first-order valence-electron chi connectivity index (χ1n) is 8.58. The third kappa shape index (κ3) is 5.84. The predicted octanol–water partition coefficient (Wildman–Crippen LogP) is 2.44. The fourth-order valence-electron chi connectivity index (χ4n) is 2.73. The molecule has 0 spiro atoms. The number of ether oxygens (including phenoxy) is 1. The summed E-state index contributed by atoms with van der Waals surface area (Å²) in [5, 5.41) is 2.97. The molecule has 0 atom stereocenters. The highest BCUT2D eigenvalue weighted by Crippen LogP contribution is 2.24. The van der Waals surface area contributed by atoms with Crippen molar-refractivity contribution in [2.75, 3.05) is 44.6 Å². The molecule has 1 amide bonds. The van der Waals surface area contributed by atoms with Gasteiger partial charge in [-0.3, -0.25) is 4.79 Å². The fourth-order valence-corrected chi connectivity index (χ4v) is 2.73. The highest BCUT2D eigenvalue weighted by Gasteiger charge is 2.16. The van der Waals surface area contributed by atoms with Gasteiger partial charge in [-0.2, -0.15) is 0 Å². The molecule has 23 heavy (non-hydrogen) atoms. The minimum atomic E-state index is 0.0442. The van der Waals surface area contributed by atoms with Gasteiger partial charge in [0.05, 0.1) is 11.8 Å². The lowest BCUT2D eigenvalue weighted by molar-refractivity contribution is -0.116. The summed E-state index contributed by atoms with van der Waals surface area (Å²) >= 11 is 0. The van der Waals surface area contributed by atoms with E-state index in [0.29, 0.717) is 6.42 Å². The van der Waals surface area contributed by atoms with E-state index in [1.54, 1.807) is 0 Å². The first kappa shape index (κ1) is 17.8. The Morgan fingerprint density at radius 1 is 1.17 bits per heavy atom. The lowest BCUT2D eigenvalue weighted by Crippen LogP contribution is -2.46. The molecule has 1 aromatic rings. The van der Waals surface area contributed by atoms with Crippen LogP contribution in [0.5, 0.6) is 5.75 Å². The monoisotopic (exact) mass is 319 g/mol. The van der Waals surface area contributed by atoms with Crippen molar-refractivity contribution in [3.63, 3.8) is 0 Å². The topological polar surface area (TPSA) is 44.8 Å². The number of nitrogens with zero attached hydrogens (tertiary/aromatic N) is 2. The largest absolute Gasteiger partial charge is 0.489 e. The summed E-state index contributed by atoms with van der Waals surface area (Å²) in [6.07, 6.45) is 0.602. The standard InChI is InChI=1S/C18H29N3O2/c1-4-20-11-13-21(14-12-20)10-9-18(22)19-16-7-5-6-8-17(16)23-15(2)3/h5-8,15H,4,9-14H2,1-3H3,(H,19,22). The molecule has 5 nitrogen and oxygen atoms in total. The second-order valence-electron chi connectivity index (χ2n) is 6.24. The summed E-state index contributed by atoms with van der Waals surface area (Å²) in [5.41, 5.74) is 0.752. The Bertz CT molecular complexity index is 497. The number of rotatable bonds is 7. The maximum absolute atomic E-state index is 12.2. The zero-order chi connectivity index (χ0) is 16.7. The Morgan fingerprint density at radius 2 is 1.83 bits per heavy atom. The second-order valence-corrected chi connectivity index (χ2v) is 6.24. The van der Waals surface area contributed by atoms with Gasteiger partial charge in [-0.1, -0.05) is 19.1 Å². The van der Waals surface area contributed by atoms with Crippen molar-refractivity contribution in [3.8, 4) is 5.75 Å². The number of likely N-dealkylation sites (N-methyl/N-ethyl adjacent to an activating group) is 1. The Labute approximate surface area is 139 Å². The number of hydrogen-bond donors (Lipinski definition) is 1. The number of carbonyl (C=O) groups excluding carboxylic acids is 1. The summed E-state index contributed by atoms with van der Waals surface area (Å²) in [7, 11) is 0. The first-order chi connectivity index (χ1) is 11.1. The van der Waals surface area contributed by atoms with E-state index in [-0.39, 0.29) is 12.0 Å². The Hall–Kier alpha value is -1.59. The number of hydrogen-bond acceptors (Lipinski definition) is 4. The molecule has 0 bridgehead atoms. The number of benzene rings is 1. The lowest BCUT2D eigenvalue weighted by Gasteiger charge is -2.33. The Kier molecular flexibility index (Phi) is 6.86. The zero-order valence-electron chi connectivity index (χ0n) is 14.5. The summed E-state index contributed by atoms with van der Waals surface area (Å²) in [6.45, 7) is 12.4. The molecular weight excluding hydrogens is 290 g/mol. The molecule has 0 aliphatic carbocycles. The van der Waals surface area contributed by atoms with E-state index in [9.17, 15) is 4.79 Å². The Balaban J connectivity index is 1.79. The normalized spacial score (nSPS) is 16.5. The third-order valence-electron chi connectivity index (χ3n) is 4.09. The average Bonchev–Trinajstić information content (AvgIpc) is 2.55. The molecule has 128 valence electrons. The van der Waals surface area contributed by atoms with Gasteiger partial charge >= 0.3 is 0 Å². The summed E-state index contributed by atoms with van der Waals surface area (Å²) in [4.78, 5) is 17.0. The molecule has 1 aliphatic heterocycles. The first-order valence-corrected chi connectivity index (χ1v) is 8.58. The van der Waals surface area contributed by atoms with Crippen LogP contribution < -0.4 is 10.1 Å². The van der Waals surface area contributed by atoms with Gasteiger partial charge in [0.2, 0.25) is 5.91 Å². The van der Waals surface area contributed by atoms with Crippen molar-refractivity contribution < 1.29 is 9.53 Å². The number of anilines is 1. The quantitative estimate of drug-likeness (QED) is 0.838. The van der Waals surface area contributed by atoms with Crippen LogP contribution in [0.2, 0.25) is 0 Å². The van der Waals surface area contributed by atoms with Crippen LogP contribution in [0.15, 0.2) is 24.3 Å². The van der Waals surface area contributed by atoms with Gasteiger partial charge in [0.15, 0.2) is 0 Å². The number of para-hydroxylation sites is 2. The SMILES string of the molecule is CCN1CCN(CCC(=O)Nc2ccccc2OC(C)C)CC1. The van der Waals surface area contributed by atoms with Crippen LogP contribution in [0.25, 0.3) is 0 Å². The molecule has 1 saturated heterocycles. The number of nitrogens with one attached hydrogen (secondary N) is 1. The highest BCUT2D eigenvalue weighted by molar-refractivity contribution is 5.92. The van der Waals surface area contributed by atoms with E-state index in [1.165, 1.54) is 0 Å². The predicted molar refractivity (Wildman–Crippen MR) is 94.0 cm³/mol. The van der Waals surface area contributed by atoms with Crippen molar-refractivity contribution in [3.05, 3.63) is 24.3 Å². The number of piperazine rings is 1. The molecule has 0 saturated carbocycles. The van der Waals surface area contributed by atoms with Gasteiger partial charge in [-0.15, -0.1) is 0 Å². The molecule has 5 heteroatoms. The number of amides is 1. The molecule has 0 radical (unpaired) electrons. The molecular formula is C18H29N3O2. The summed E-state index contributed by atoms with van der Waals surface area (Å²) in [6, 6.07) is 7.60. The average molecular weight is 319 g/mol. The van der Waals surface area contributed by atoms with Crippen LogP contribution in [0.1, 0.15) is 27.2 Å². The van der Waals surface area contributed by atoms with Crippen LogP contribution >= 0.6 is 0 Å². The highest BCUT2D eigenvalue weighted by atomic mass is 16.5. The third-order valence-corrected chi connectivity index (χ3v) is 4.09. The van der Waals surface area contributed by atoms with Crippen molar-refractivity contribution in [1.29, 1.82) is 0 Å². The molecule has 1 aliphatic rings. The van der Waals surface area contributed by atoms with E-state index in [0.717, 1.165) is 50.7 Å². The summed E-state index contributed by atoms with van der Waals surface area (Å²) < 4.78 is 5.73. The maximum Gasteiger partial charge on any atom is 0.225 e. The van der Waals surface area contributed by atoms with E-state index in [1.807, 2.05) is 38.1 Å². The molecule has 2 rings (SSSR count). The van der Waals surface area contributed by atoms with Crippen molar-refractivity contribution in [1.82, 2.24) is 9.80 Å². The molecule has 0 unspecified atom stereocenters. The molecule has 1 heterocycles. The fraction of sp³-hybridized carbons (Fsp3) is 0.611. The van der Waals surface area contributed by atoms with Gasteiger partial charge in [0.25, 0.3) is 0 Å². The van der Waals surface area contributed by atoms with Gasteiger partial charge in [0.1, 0.15) is 5.75 Å². The van der Waals surface area contributed by atoms with E-state index in [2.05, 4.69) is 22.0 Å². The summed E-state index contributed by atoms with van der Waals surface area (Å²) in [5.74, 6) is 0.773. The maximum atomic E-state index is 12.2. The van der Waals surface area contributed by atoms with E-state index >= 15 is 0 Å². The molecule has 1 N–H and O–H groups in total. The smallest absolute Gasteiger partial charge is 0.225 e. The van der Waals surface area contributed by atoms with E-state index < -0.39 is 0 Å². The van der Waals surface area contributed by atoms with Crippen molar-refractivity contribution >= 4 is 11.6 Å². The van der Waals surface area contributed by atoms with Crippen molar-refractivity contribution in [2.45, 2.75) is 33.3 Å². The van der Waals surface area contributed by atoms with Crippen molar-refractivity contribution in [2.24, 2.45) is 0 Å². The van der Waals surface area contributed by atoms with Crippen LogP contribution in [0.3, 0.4) is 0 Å². The van der Waals surface area contributed by atoms with Gasteiger partial charge in [-0.25, -0.2) is 0 Å². The van der Waals surface area contributed by atoms with E-state index in [4.69, 9.17) is 4.74 Å². The number of carbonyl (C=O) groups is 1. The molecule has 0 aromatic heterocycles. The molecule has 1 aromatic carbocycles. The van der Waals surface area contributed by atoms with Gasteiger partial charge in [0, 0.05) is 39.1 Å². The van der Waals surface area contributed by atoms with Crippen LogP contribution in [-0.4, -0.2) is 61.1 Å².